The Bertz CT molecular complexity index is 1910. The molecule has 1 fully saturated rings. The van der Waals surface area contributed by atoms with Gasteiger partial charge in [0, 0.05) is 18.7 Å². The van der Waals surface area contributed by atoms with Crippen LogP contribution in [0.1, 0.15) is 74.0 Å². The number of esters is 2. The Hall–Kier alpha value is -5.79. The van der Waals surface area contributed by atoms with E-state index in [1.165, 1.54) is 31.1 Å². The first kappa shape index (κ1) is 38.4. The molecule has 2 amide bonds. The number of nitrogens with zero attached hydrogens (tertiary/aromatic N) is 2. The molecule has 0 aromatic heterocycles. The van der Waals surface area contributed by atoms with Gasteiger partial charge in [0.25, 0.3) is 5.69 Å². The Kier molecular flexibility index (Phi) is 11.5. The number of carbonyl (C=O) groups is 5. The van der Waals surface area contributed by atoms with E-state index in [2.05, 4.69) is 5.32 Å². The number of non-ortho nitro benzene ring substituents is 1. The van der Waals surface area contributed by atoms with Crippen LogP contribution in [-0.2, 0) is 48.0 Å². The average molecular weight is 730 g/mol. The van der Waals surface area contributed by atoms with Crippen LogP contribution in [0.15, 0.2) is 66.7 Å². The molecule has 14 heteroatoms. The maximum atomic E-state index is 14.3. The summed E-state index contributed by atoms with van der Waals surface area (Å²) in [7, 11) is 1.18. The Morgan fingerprint density at radius 2 is 1.75 bits per heavy atom. The highest BCUT2D eigenvalue weighted by Gasteiger charge is 2.51. The van der Waals surface area contributed by atoms with Gasteiger partial charge in [0.15, 0.2) is 5.78 Å². The summed E-state index contributed by atoms with van der Waals surface area (Å²) >= 11 is 0. The molecule has 0 bridgehead atoms. The number of aryl methyl sites for hydroxylation is 1. The number of nitro benzene ring substituents is 1. The summed E-state index contributed by atoms with van der Waals surface area (Å²) in [6.45, 7) is 6.91. The highest BCUT2D eigenvalue weighted by Crippen LogP contribution is 2.43. The molecule has 14 nitrogen and oxygen atoms in total. The number of fused-ring (bicyclic) bond motifs is 1. The SMILES string of the molecule is COC(=O)[C@@]1(C(=O)[C@H](C)NC(=O)[C@@H]2CCCN2C(=O)OC(C)(C)C)CCc2cccc(Oc3ccc([N+](=O)[O-])cc3C(=O)OCc3ccccc3)c2C1. The number of ether oxygens (including phenoxy) is 4. The van der Waals surface area contributed by atoms with Crippen LogP contribution >= 0.6 is 0 Å². The van der Waals surface area contributed by atoms with Crippen molar-refractivity contribution in [1.82, 2.24) is 10.2 Å². The van der Waals surface area contributed by atoms with Crippen molar-refractivity contribution in [3.8, 4) is 11.5 Å². The van der Waals surface area contributed by atoms with Gasteiger partial charge in [0.1, 0.15) is 40.7 Å². The number of nitrogens with one attached hydrogen (secondary N) is 1. The van der Waals surface area contributed by atoms with E-state index < -0.39 is 57.7 Å². The smallest absolute Gasteiger partial charge is 0.410 e. The summed E-state index contributed by atoms with van der Waals surface area (Å²) in [6.07, 6.45) is 0.529. The Morgan fingerprint density at radius 1 is 1.02 bits per heavy atom. The first-order valence-electron chi connectivity index (χ1n) is 17.3. The van der Waals surface area contributed by atoms with E-state index in [0.29, 0.717) is 30.5 Å². The topological polar surface area (TPSA) is 181 Å². The summed E-state index contributed by atoms with van der Waals surface area (Å²) in [4.78, 5) is 79.8. The molecule has 0 saturated carbocycles. The van der Waals surface area contributed by atoms with Gasteiger partial charge in [-0.1, -0.05) is 42.5 Å². The van der Waals surface area contributed by atoms with E-state index >= 15 is 0 Å². The number of rotatable bonds is 11. The van der Waals surface area contributed by atoms with Gasteiger partial charge in [0.2, 0.25) is 5.91 Å². The minimum absolute atomic E-state index is 0.0330. The first-order valence-corrected chi connectivity index (χ1v) is 17.3. The maximum absolute atomic E-state index is 14.3. The molecule has 1 saturated heterocycles. The number of carbonyl (C=O) groups excluding carboxylic acids is 5. The first-order chi connectivity index (χ1) is 25.1. The quantitative estimate of drug-likeness (QED) is 0.0820. The summed E-state index contributed by atoms with van der Waals surface area (Å²) in [5, 5.41) is 14.3. The van der Waals surface area contributed by atoms with Gasteiger partial charge in [0.05, 0.1) is 18.1 Å². The molecule has 0 unspecified atom stereocenters. The third-order valence-corrected chi connectivity index (χ3v) is 9.34. The fourth-order valence-electron chi connectivity index (χ4n) is 6.73. The highest BCUT2D eigenvalue weighted by molar-refractivity contribution is 6.08. The molecule has 0 spiro atoms. The van der Waals surface area contributed by atoms with E-state index in [1.54, 1.807) is 57.2 Å². The summed E-state index contributed by atoms with van der Waals surface area (Å²) in [6, 6.07) is 15.6. The van der Waals surface area contributed by atoms with Crippen LogP contribution in [-0.4, -0.2) is 70.9 Å². The van der Waals surface area contributed by atoms with Crippen LogP contribution in [0.4, 0.5) is 10.5 Å². The standard InChI is InChI=1S/C39H43N3O11/c1-24(40-34(44)30-14-10-20-41(30)37(47)53-38(2,3)4)33(43)39(36(46)50-5)19-18-26-13-9-15-31(29(26)22-39)52-32-17-16-27(42(48)49)21-28(32)35(45)51-23-25-11-7-6-8-12-25/h6-9,11-13,15-17,21,24,30H,10,14,18-20,22-23H2,1-5H3,(H,40,44)/t24-,30-,39-/m0/s1. The predicted molar refractivity (Wildman–Crippen MR) is 190 cm³/mol. The average Bonchev–Trinajstić information content (AvgIpc) is 3.64. The lowest BCUT2D eigenvalue weighted by Crippen LogP contribution is -2.56. The minimum atomic E-state index is -1.72. The molecule has 1 heterocycles. The number of nitro groups is 1. The zero-order valence-corrected chi connectivity index (χ0v) is 30.3. The summed E-state index contributed by atoms with van der Waals surface area (Å²) < 4.78 is 22.4. The summed E-state index contributed by atoms with van der Waals surface area (Å²) in [5.41, 5.74) is -1.04. The van der Waals surface area contributed by atoms with E-state index in [0.717, 1.165) is 11.6 Å². The zero-order valence-electron chi connectivity index (χ0n) is 30.3. The van der Waals surface area contributed by atoms with Crippen LogP contribution < -0.4 is 10.1 Å². The Labute approximate surface area is 306 Å². The largest absolute Gasteiger partial charge is 0.468 e. The van der Waals surface area contributed by atoms with Gasteiger partial charge < -0.3 is 24.3 Å². The number of benzene rings is 3. The summed E-state index contributed by atoms with van der Waals surface area (Å²) in [5.74, 6) is -2.59. The number of amides is 2. The maximum Gasteiger partial charge on any atom is 0.410 e. The molecule has 2 aliphatic rings. The molecule has 3 aromatic carbocycles. The lowest BCUT2D eigenvalue weighted by Gasteiger charge is -2.37. The van der Waals surface area contributed by atoms with Gasteiger partial charge in [-0.3, -0.25) is 29.4 Å². The second-order valence-corrected chi connectivity index (χ2v) is 14.2. The van der Waals surface area contributed by atoms with Gasteiger partial charge in [-0.05, 0) is 88.6 Å². The van der Waals surface area contributed by atoms with Gasteiger partial charge in [-0.15, -0.1) is 0 Å². The molecule has 3 aromatic rings. The molecule has 1 aliphatic heterocycles. The number of likely N-dealkylation sites (tertiary alicyclic amines) is 1. The molecular formula is C39H43N3O11. The van der Waals surface area contributed by atoms with Crippen molar-refractivity contribution in [2.24, 2.45) is 5.41 Å². The molecule has 53 heavy (non-hydrogen) atoms. The van der Waals surface area contributed by atoms with Crippen LogP contribution in [0.2, 0.25) is 0 Å². The van der Waals surface area contributed by atoms with E-state index in [4.69, 9.17) is 18.9 Å². The van der Waals surface area contributed by atoms with E-state index in [9.17, 15) is 34.1 Å². The molecule has 3 atom stereocenters. The molecule has 5 rings (SSSR count). The lowest BCUT2D eigenvalue weighted by atomic mass is 9.67. The van der Waals surface area contributed by atoms with Crippen molar-refractivity contribution in [3.63, 3.8) is 0 Å². The second kappa shape index (κ2) is 15.8. The van der Waals surface area contributed by atoms with Crippen LogP contribution in [0.3, 0.4) is 0 Å². The fourth-order valence-corrected chi connectivity index (χ4v) is 6.73. The van der Waals surface area contributed by atoms with E-state index in [1.807, 2.05) is 12.1 Å². The molecule has 280 valence electrons. The second-order valence-electron chi connectivity index (χ2n) is 14.2. The number of hydrogen-bond acceptors (Lipinski definition) is 11. The number of methoxy groups -OCH3 is 1. The van der Waals surface area contributed by atoms with Crippen LogP contribution in [0, 0.1) is 15.5 Å². The van der Waals surface area contributed by atoms with Crippen molar-refractivity contribution in [2.75, 3.05) is 13.7 Å². The monoisotopic (exact) mass is 729 g/mol. The van der Waals surface area contributed by atoms with Gasteiger partial charge in [-0.2, -0.15) is 0 Å². The van der Waals surface area contributed by atoms with Crippen molar-refractivity contribution < 1.29 is 47.8 Å². The van der Waals surface area contributed by atoms with Gasteiger partial charge in [-0.25, -0.2) is 9.59 Å². The molecule has 1 aliphatic carbocycles. The molecule has 1 N–H and O–H groups in total. The lowest BCUT2D eigenvalue weighted by molar-refractivity contribution is -0.384. The van der Waals surface area contributed by atoms with Crippen molar-refractivity contribution in [2.45, 2.75) is 84.1 Å². The van der Waals surface area contributed by atoms with Crippen molar-refractivity contribution in [1.29, 1.82) is 0 Å². The highest BCUT2D eigenvalue weighted by atomic mass is 16.6. The Balaban J connectivity index is 1.40. The number of hydrogen-bond donors (Lipinski definition) is 1. The Morgan fingerprint density at radius 3 is 2.43 bits per heavy atom. The minimum Gasteiger partial charge on any atom is -0.468 e. The van der Waals surface area contributed by atoms with Gasteiger partial charge >= 0.3 is 18.0 Å². The third-order valence-electron chi connectivity index (χ3n) is 9.34. The predicted octanol–water partition coefficient (Wildman–Crippen LogP) is 5.87. The number of ketones is 1. The van der Waals surface area contributed by atoms with Crippen LogP contribution in [0.5, 0.6) is 11.5 Å². The van der Waals surface area contributed by atoms with E-state index in [-0.39, 0.29) is 48.6 Å². The fraction of sp³-hybridized carbons (Fsp3) is 0.410. The third kappa shape index (κ3) is 8.65. The molecular weight excluding hydrogens is 686 g/mol. The zero-order chi connectivity index (χ0) is 38.5. The van der Waals surface area contributed by atoms with Crippen molar-refractivity contribution >= 4 is 35.4 Å². The molecule has 0 radical (unpaired) electrons. The number of Topliss-reactive ketones (excluding diaryl/α,β-unsaturated/α-hetero) is 1. The normalized spacial score (nSPS) is 18.6. The van der Waals surface area contributed by atoms with Crippen LogP contribution in [0.25, 0.3) is 0 Å². The van der Waals surface area contributed by atoms with Crippen molar-refractivity contribution in [3.05, 3.63) is 99.1 Å².